The number of hydrogen-bond acceptors (Lipinski definition) is 1. The average Bonchev–Trinajstić information content (AvgIpc) is 2.99. The Morgan fingerprint density at radius 1 is 0.821 bits per heavy atom. The van der Waals surface area contributed by atoms with Crippen molar-refractivity contribution in [3.8, 4) is 0 Å². The van der Waals surface area contributed by atoms with Gasteiger partial charge in [0.25, 0.3) is 0 Å². The van der Waals surface area contributed by atoms with Crippen LogP contribution in [0, 0.1) is 52.3 Å². The first-order chi connectivity index (χ1) is 13.3. The van der Waals surface area contributed by atoms with E-state index in [1.165, 1.54) is 77.0 Å². The Balaban J connectivity index is 1.46. The number of nitrogens with two attached hydrogens (primary N) is 1. The third-order valence-corrected chi connectivity index (χ3v) is 10.9. The first-order valence-electron chi connectivity index (χ1n) is 13.0. The molecule has 0 aromatic rings. The smallest absolute Gasteiger partial charge is 0.00418 e. The molecule has 0 radical (unpaired) electrons. The summed E-state index contributed by atoms with van der Waals surface area (Å²) in [6.07, 6.45) is 17.5. The second kappa shape index (κ2) is 7.90. The molecule has 0 aliphatic heterocycles. The van der Waals surface area contributed by atoms with Crippen molar-refractivity contribution in [2.75, 3.05) is 0 Å². The topological polar surface area (TPSA) is 26.0 Å². The summed E-state index contributed by atoms with van der Waals surface area (Å²) in [6, 6.07) is 0.492. The maximum Gasteiger partial charge on any atom is 0.00418 e. The van der Waals surface area contributed by atoms with E-state index >= 15 is 0 Å². The molecule has 4 aliphatic rings. The monoisotopic (exact) mass is 387 g/mol. The Hall–Kier alpha value is -0.0400. The van der Waals surface area contributed by atoms with E-state index in [0.717, 1.165) is 41.4 Å². The average molecular weight is 388 g/mol. The van der Waals surface area contributed by atoms with Crippen LogP contribution in [0.15, 0.2) is 0 Å². The number of fused-ring (bicyclic) bond motifs is 5. The molecule has 0 amide bonds. The van der Waals surface area contributed by atoms with Gasteiger partial charge in [-0.1, -0.05) is 53.9 Å². The molecule has 9 atom stereocenters. The van der Waals surface area contributed by atoms with Crippen LogP contribution in [-0.4, -0.2) is 6.04 Å². The summed E-state index contributed by atoms with van der Waals surface area (Å²) in [5.41, 5.74) is 7.64. The molecule has 0 heterocycles. The third kappa shape index (κ3) is 3.50. The Morgan fingerprint density at radius 3 is 2.29 bits per heavy atom. The highest BCUT2D eigenvalue weighted by Crippen LogP contribution is 2.68. The minimum Gasteiger partial charge on any atom is -0.328 e. The molecule has 4 rings (SSSR count). The van der Waals surface area contributed by atoms with E-state index in [-0.39, 0.29) is 0 Å². The summed E-state index contributed by atoms with van der Waals surface area (Å²) in [6.45, 7) is 12.8. The van der Waals surface area contributed by atoms with Gasteiger partial charge in [0.1, 0.15) is 0 Å². The van der Waals surface area contributed by atoms with E-state index in [1.807, 2.05) is 0 Å². The van der Waals surface area contributed by atoms with E-state index in [4.69, 9.17) is 5.73 Å². The van der Waals surface area contributed by atoms with Crippen molar-refractivity contribution < 1.29 is 0 Å². The minimum atomic E-state index is 0.492. The Morgan fingerprint density at radius 2 is 1.54 bits per heavy atom. The van der Waals surface area contributed by atoms with Gasteiger partial charge in [-0.3, -0.25) is 0 Å². The highest BCUT2D eigenvalue weighted by Gasteiger charge is 2.60. The Bertz CT molecular complexity index is 540. The summed E-state index contributed by atoms with van der Waals surface area (Å²) in [4.78, 5) is 0. The molecule has 0 spiro atoms. The zero-order valence-electron chi connectivity index (χ0n) is 19.7. The van der Waals surface area contributed by atoms with Crippen LogP contribution in [0.3, 0.4) is 0 Å². The van der Waals surface area contributed by atoms with Gasteiger partial charge in [0, 0.05) is 6.04 Å². The molecular weight excluding hydrogens is 338 g/mol. The first-order valence-corrected chi connectivity index (χ1v) is 13.0. The molecular formula is C27H49N. The lowest BCUT2D eigenvalue weighted by Gasteiger charge is -2.61. The van der Waals surface area contributed by atoms with Gasteiger partial charge in [-0.05, 0) is 110 Å². The zero-order chi connectivity index (χ0) is 20.1. The van der Waals surface area contributed by atoms with Crippen molar-refractivity contribution in [3.05, 3.63) is 0 Å². The molecule has 4 unspecified atom stereocenters. The van der Waals surface area contributed by atoms with E-state index in [0.29, 0.717) is 16.9 Å². The van der Waals surface area contributed by atoms with Gasteiger partial charge in [0.15, 0.2) is 0 Å². The van der Waals surface area contributed by atoms with Crippen molar-refractivity contribution >= 4 is 0 Å². The molecule has 0 bridgehead atoms. The summed E-state index contributed by atoms with van der Waals surface area (Å²) in [5, 5.41) is 0. The molecule has 0 saturated heterocycles. The fourth-order valence-electron chi connectivity index (χ4n) is 9.32. The Kier molecular flexibility index (Phi) is 5.98. The lowest BCUT2D eigenvalue weighted by atomic mass is 9.44. The molecule has 1 heteroatoms. The SMILES string of the molecule is CC(C)CCC[C@@H](C)[C@H]1CCC2C3CCC4C[C@@H](N)CC[C@]4(C)C3CC[C@@]21C. The lowest BCUT2D eigenvalue weighted by molar-refractivity contribution is -0.116. The van der Waals surface area contributed by atoms with Gasteiger partial charge < -0.3 is 5.73 Å². The predicted octanol–water partition coefficient (Wildman–Crippen LogP) is 7.44. The third-order valence-electron chi connectivity index (χ3n) is 10.9. The van der Waals surface area contributed by atoms with Gasteiger partial charge in [0.05, 0.1) is 0 Å². The second-order valence-corrected chi connectivity index (χ2v) is 12.7. The van der Waals surface area contributed by atoms with Crippen LogP contribution >= 0.6 is 0 Å². The fourth-order valence-corrected chi connectivity index (χ4v) is 9.32. The summed E-state index contributed by atoms with van der Waals surface area (Å²) >= 11 is 0. The lowest BCUT2D eigenvalue weighted by Crippen LogP contribution is -2.54. The molecule has 1 nitrogen and oxygen atoms in total. The van der Waals surface area contributed by atoms with Crippen molar-refractivity contribution in [3.63, 3.8) is 0 Å². The van der Waals surface area contributed by atoms with Gasteiger partial charge in [-0.15, -0.1) is 0 Å². The van der Waals surface area contributed by atoms with Crippen LogP contribution in [0.5, 0.6) is 0 Å². The van der Waals surface area contributed by atoms with Crippen LogP contribution in [-0.2, 0) is 0 Å². The molecule has 162 valence electrons. The molecule has 4 saturated carbocycles. The summed E-state index contributed by atoms with van der Waals surface area (Å²) in [5.74, 6) is 6.79. The van der Waals surface area contributed by atoms with Crippen LogP contribution in [0.2, 0.25) is 0 Å². The van der Waals surface area contributed by atoms with Crippen molar-refractivity contribution in [1.29, 1.82) is 0 Å². The van der Waals surface area contributed by atoms with Crippen LogP contribution in [0.4, 0.5) is 0 Å². The number of hydrogen-bond donors (Lipinski definition) is 1. The maximum absolute atomic E-state index is 6.39. The summed E-state index contributed by atoms with van der Waals surface area (Å²) in [7, 11) is 0. The quantitative estimate of drug-likeness (QED) is 0.521. The standard InChI is InChI=1S/C27H49N/c1-18(2)7-6-8-19(3)23-11-12-24-22-10-9-20-17-21(28)13-15-26(20,4)25(22)14-16-27(23,24)5/h18-25H,6-17,28H2,1-5H3/t19-,20?,21+,22?,23-,24?,25?,26+,27-/m1/s1. The van der Waals surface area contributed by atoms with Gasteiger partial charge in [0.2, 0.25) is 0 Å². The molecule has 0 aromatic carbocycles. The molecule has 2 N–H and O–H groups in total. The maximum atomic E-state index is 6.39. The van der Waals surface area contributed by atoms with E-state index in [1.54, 1.807) is 0 Å². The summed E-state index contributed by atoms with van der Waals surface area (Å²) < 4.78 is 0. The van der Waals surface area contributed by atoms with Crippen molar-refractivity contribution in [2.24, 2.45) is 58.0 Å². The van der Waals surface area contributed by atoms with Crippen LogP contribution < -0.4 is 5.73 Å². The van der Waals surface area contributed by atoms with E-state index in [9.17, 15) is 0 Å². The number of rotatable bonds is 5. The second-order valence-electron chi connectivity index (χ2n) is 12.7. The Labute approximate surface area is 176 Å². The predicted molar refractivity (Wildman–Crippen MR) is 121 cm³/mol. The van der Waals surface area contributed by atoms with Crippen LogP contribution in [0.25, 0.3) is 0 Å². The van der Waals surface area contributed by atoms with Crippen LogP contribution in [0.1, 0.15) is 112 Å². The molecule has 0 aromatic heterocycles. The van der Waals surface area contributed by atoms with Gasteiger partial charge in [-0.25, -0.2) is 0 Å². The van der Waals surface area contributed by atoms with E-state index < -0.39 is 0 Å². The van der Waals surface area contributed by atoms with Crippen molar-refractivity contribution in [2.45, 2.75) is 118 Å². The van der Waals surface area contributed by atoms with E-state index in [2.05, 4.69) is 34.6 Å². The minimum absolute atomic E-state index is 0.492. The van der Waals surface area contributed by atoms with Gasteiger partial charge >= 0.3 is 0 Å². The zero-order valence-corrected chi connectivity index (χ0v) is 19.7. The molecule has 4 aliphatic carbocycles. The largest absolute Gasteiger partial charge is 0.328 e. The molecule has 28 heavy (non-hydrogen) atoms. The first kappa shape index (κ1) is 21.2. The highest BCUT2D eigenvalue weighted by molar-refractivity contribution is 5.09. The van der Waals surface area contributed by atoms with Crippen molar-refractivity contribution in [1.82, 2.24) is 0 Å². The molecule has 4 fully saturated rings. The van der Waals surface area contributed by atoms with Gasteiger partial charge in [-0.2, -0.15) is 0 Å². The normalized spacial score (nSPS) is 49.4. The fraction of sp³-hybridized carbons (Fsp3) is 1.00. The highest BCUT2D eigenvalue weighted by atomic mass is 14.7.